The highest BCUT2D eigenvalue weighted by Gasteiger charge is 2.36. The topological polar surface area (TPSA) is 38.8 Å². The van der Waals surface area contributed by atoms with Gasteiger partial charge in [0.1, 0.15) is 6.61 Å². The minimum absolute atomic E-state index is 0.0736. The summed E-state index contributed by atoms with van der Waals surface area (Å²) < 4.78 is 11.1. The van der Waals surface area contributed by atoms with Crippen molar-refractivity contribution in [3.05, 3.63) is 35.9 Å². The standard InChI is InChI=1S/C25H40O3/c1-2-3-4-7-13-18-23-24(28-23)19-14-8-5-6-9-15-20-25(26)27-21-22-16-11-10-12-17-22/h10-12,16-17,23-24H,2-9,13-15,18-21H2,1H3. The lowest BCUT2D eigenvalue weighted by molar-refractivity contribution is -0.145. The van der Waals surface area contributed by atoms with Crippen LogP contribution in [0, 0.1) is 0 Å². The normalized spacial score (nSPS) is 18.2. The van der Waals surface area contributed by atoms with Gasteiger partial charge in [-0.2, -0.15) is 0 Å². The van der Waals surface area contributed by atoms with Crippen LogP contribution < -0.4 is 0 Å². The van der Waals surface area contributed by atoms with Gasteiger partial charge >= 0.3 is 5.97 Å². The first kappa shape index (κ1) is 22.9. The van der Waals surface area contributed by atoms with Crippen LogP contribution in [0.1, 0.15) is 102 Å². The zero-order valence-electron chi connectivity index (χ0n) is 17.9. The third kappa shape index (κ3) is 10.8. The second-order valence-corrected chi connectivity index (χ2v) is 8.22. The summed E-state index contributed by atoms with van der Waals surface area (Å²) in [6.07, 6.45) is 18.1. The molecule has 1 fully saturated rings. The van der Waals surface area contributed by atoms with Gasteiger partial charge in [-0.25, -0.2) is 0 Å². The Bertz CT molecular complexity index is 514. The fraction of sp³-hybridized carbons (Fsp3) is 0.720. The smallest absolute Gasteiger partial charge is 0.306 e. The van der Waals surface area contributed by atoms with Gasteiger partial charge in [0.25, 0.3) is 0 Å². The number of hydrogen-bond donors (Lipinski definition) is 0. The van der Waals surface area contributed by atoms with Crippen LogP contribution in [0.5, 0.6) is 0 Å². The summed E-state index contributed by atoms with van der Waals surface area (Å²) in [6.45, 7) is 2.66. The molecular formula is C25H40O3. The molecule has 2 rings (SSSR count). The number of hydrogen-bond acceptors (Lipinski definition) is 3. The zero-order valence-corrected chi connectivity index (χ0v) is 17.9. The molecule has 1 aromatic rings. The van der Waals surface area contributed by atoms with Crippen LogP contribution in [0.15, 0.2) is 30.3 Å². The highest BCUT2D eigenvalue weighted by atomic mass is 16.6. The van der Waals surface area contributed by atoms with Crippen molar-refractivity contribution in [1.82, 2.24) is 0 Å². The highest BCUT2D eigenvalue weighted by Crippen LogP contribution is 2.31. The lowest BCUT2D eigenvalue weighted by Crippen LogP contribution is -2.04. The predicted molar refractivity (Wildman–Crippen MR) is 115 cm³/mol. The number of carbonyl (C=O) groups is 1. The molecule has 3 heteroatoms. The maximum Gasteiger partial charge on any atom is 0.306 e. The summed E-state index contributed by atoms with van der Waals surface area (Å²) in [4.78, 5) is 11.8. The van der Waals surface area contributed by atoms with Gasteiger partial charge < -0.3 is 9.47 Å². The van der Waals surface area contributed by atoms with Crippen molar-refractivity contribution in [2.75, 3.05) is 0 Å². The summed E-state index contributed by atoms with van der Waals surface area (Å²) in [5, 5.41) is 0. The molecule has 0 saturated carbocycles. The van der Waals surface area contributed by atoms with E-state index in [9.17, 15) is 4.79 Å². The van der Waals surface area contributed by atoms with Crippen molar-refractivity contribution in [2.24, 2.45) is 0 Å². The van der Waals surface area contributed by atoms with Gasteiger partial charge in [0.05, 0.1) is 12.2 Å². The Morgan fingerprint density at radius 2 is 1.39 bits per heavy atom. The van der Waals surface area contributed by atoms with Crippen LogP contribution in [0.2, 0.25) is 0 Å². The molecule has 0 amide bonds. The third-order valence-electron chi connectivity index (χ3n) is 5.64. The van der Waals surface area contributed by atoms with E-state index < -0.39 is 0 Å². The quantitative estimate of drug-likeness (QED) is 0.164. The fourth-order valence-corrected chi connectivity index (χ4v) is 3.77. The third-order valence-corrected chi connectivity index (χ3v) is 5.64. The number of rotatable bonds is 17. The van der Waals surface area contributed by atoms with E-state index in [1.165, 1.54) is 70.6 Å². The van der Waals surface area contributed by atoms with E-state index in [4.69, 9.17) is 9.47 Å². The van der Waals surface area contributed by atoms with E-state index in [1.54, 1.807) is 0 Å². The van der Waals surface area contributed by atoms with Gasteiger partial charge in [-0.05, 0) is 24.8 Å². The number of unbranched alkanes of at least 4 members (excludes halogenated alkanes) is 9. The van der Waals surface area contributed by atoms with Crippen molar-refractivity contribution in [1.29, 1.82) is 0 Å². The fourth-order valence-electron chi connectivity index (χ4n) is 3.77. The number of ether oxygens (including phenoxy) is 2. The Kier molecular flexibility index (Phi) is 12.0. The minimum Gasteiger partial charge on any atom is -0.461 e. The molecule has 2 unspecified atom stereocenters. The van der Waals surface area contributed by atoms with Gasteiger partial charge in [-0.3, -0.25) is 4.79 Å². The number of benzene rings is 1. The molecule has 1 heterocycles. The Labute approximate surface area is 172 Å². The summed E-state index contributed by atoms with van der Waals surface area (Å²) in [5.41, 5.74) is 1.05. The van der Waals surface area contributed by atoms with Gasteiger partial charge in [0, 0.05) is 6.42 Å². The largest absolute Gasteiger partial charge is 0.461 e. The molecular weight excluding hydrogens is 348 g/mol. The molecule has 0 aromatic heterocycles. The molecule has 0 radical (unpaired) electrons. The molecule has 0 bridgehead atoms. The Morgan fingerprint density at radius 3 is 2.04 bits per heavy atom. The average Bonchev–Trinajstić information content (AvgIpc) is 3.47. The maximum atomic E-state index is 11.8. The lowest BCUT2D eigenvalue weighted by Gasteiger charge is -2.05. The van der Waals surface area contributed by atoms with Crippen molar-refractivity contribution in [3.63, 3.8) is 0 Å². The van der Waals surface area contributed by atoms with Gasteiger partial charge in [-0.15, -0.1) is 0 Å². The minimum atomic E-state index is -0.0736. The van der Waals surface area contributed by atoms with Crippen LogP contribution in [-0.2, 0) is 20.9 Å². The second-order valence-electron chi connectivity index (χ2n) is 8.22. The monoisotopic (exact) mass is 388 g/mol. The molecule has 0 aliphatic carbocycles. The van der Waals surface area contributed by atoms with Crippen molar-refractivity contribution >= 4 is 5.97 Å². The number of esters is 1. The molecule has 1 aliphatic rings. The molecule has 158 valence electrons. The Hall–Kier alpha value is -1.35. The van der Waals surface area contributed by atoms with Crippen LogP contribution in [-0.4, -0.2) is 18.2 Å². The second kappa shape index (κ2) is 14.6. The summed E-state index contributed by atoms with van der Waals surface area (Å²) >= 11 is 0. The van der Waals surface area contributed by atoms with Crippen LogP contribution in [0.3, 0.4) is 0 Å². The van der Waals surface area contributed by atoms with E-state index in [1.807, 2.05) is 30.3 Å². The maximum absolute atomic E-state index is 11.8. The Balaban J connectivity index is 1.32. The zero-order chi connectivity index (χ0) is 19.9. The molecule has 1 aromatic carbocycles. The Morgan fingerprint density at radius 1 is 0.821 bits per heavy atom. The average molecular weight is 389 g/mol. The van der Waals surface area contributed by atoms with Crippen LogP contribution in [0.4, 0.5) is 0 Å². The molecule has 1 aliphatic heterocycles. The first-order valence-electron chi connectivity index (χ1n) is 11.6. The predicted octanol–water partition coefficient (Wildman–Crippen LogP) is 6.98. The van der Waals surface area contributed by atoms with Gasteiger partial charge in [-0.1, -0.05) is 101 Å². The first-order valence-corrected chi connectivity index (χ1v) is 11.6. The molecule has 0 spiro atoms. The SMILES string of the molecule is CCCCCCCC1OC1CCCCCCCCC(=O)OCc1ccccc1. The molecule has 1 saturated heterocycles. The van der Waals surface area contributed by atoms with E-state index in [0.717, 1.165) is 18.4 Å². The summed E-state index contributed by atoms with van der Waals surface area (Å²) in [5.74, 6) is -0.0736. The highest BCUT2D eigenvalue weighted by molar-refractivity contribution is 5.69. The summed E-state index contributed by atoms with van der Waals surface area (Å²) in [6, 6.07) is 9.86. The van der Waals surface area contributed by atoms with E-state index in [2.05, 4.69) is 6.92 Å². The van der Waals surface area contributed by atoms with E-state index >= 15 is 0 Å². The molecule has 0 N–H and O–H groups in total. The molecule has 2 atom stereocenters. The number of carbonyl (C=O) groups excluding carboxylic acids is 1. The van der Waals surface area contributed by atoms with Crippen LogP contribution in [0.25, 0.3) is 0 Å². The van der Waals surface area contributed by atoms with Crippen LogP contribution >= 0.6 is 0 Å². The molecule has 28 heavy (non-hydrogen) atoms. The lowest BCUT2D eigenvalue weighted by atomic mass is 10.0. The number of epoxide rings is 1. The van der Waals surface area contributed by atoms with Crippen molar-refractivity contribution < 1.29 is 14.3 Å². The van der Waals surface area contributed by atoms with Crippen molar-refractivity contribution in [2.45, 2.75) is 116 Å². The van der Waals surface area contributed by atoms with Gasteiger partial charge in [0.15, 0.2) is 0 Å². The van der Waals surface area contributed by atoms with Gasteiger partial charge in [0.2, 0.25) is 0 Å². The van der Waals surface area contributed by atoms with Crippen molar-refractivity contribution in [3.8, 4) is 0 Å². The van der Waals surface area contributed by atoms with E-state index in [0.29, 0.717) is 25.2 Å². The summed E-state index contributed by atoms with van der Waals surface area (Å²) in [7, 11) is 0. The van der Waals surface area contributed by atoms with E-state index in [-0.39, 0.29) is 5.97 Å². The molecule has 3 nitrogen and oxygen atoms in total. The first-order chi connectivity index (χ1) is 13.8.